The van der Waals surface area contributed by atoms with Crippen LogP contribution in [0.25, 0.3) is 0 Å². The molecule has 0 bridgehead atoms. The smallest absolute Gasteiger partial charge is 0.0331 e. The van der Waals surface area contributed by atoms with Crippen LogP contribution >= 0.6 is 0 Å². The first-order valence-electron chi connectivity index (χ1n) is 3.29. The molecule has 9 heavy (non-hydrogen) atoms. The van der Waals surface area contributed by atoms with Crippen LogP contribution in [-0.2, 0) is 10.8 Å². The summed E-state index contributed by atoms with van der Waals surface area (Å²) in [5, 5.41) is 0.278. The highest BCUT2D eigenvalue weighted by Crippen LogP contribution is 1.98. The molecule has 2 N–H and O–H groups in total. The molecule has 0 fully saturated rings. The molecule has 0 aliphatic rings. The molecular formula is C6H15NOS. The minimum absolute atomic E-state index is 0.278. The van der Waals surface area contributed by atoms with Gasteiger partial charge in [0.15, 0.2) is 0 Å². The number of rotatable bonds is 4. The van der Waals surface area contributed by atoms with Crippen molar-refractivity contribution >= 4 is 10.8 Å². The topological polar surface area (TPSA) is 43.1 Å². The van der Waals surface area contributed by atoms with E-state index in [1.165, 1.54) is 0 Å². The molecule has 0 aromatic heterocycles. The summed E-state index contributed by atoms with van der Waals surface area (Å²) in [6, 6.07) is 0. The van der Waals surface area contributed by atoms with Gasteiger partial charge in [-0.1, -0.05) is 13.8 Å². The summed E-state index contributed by atoms with van der Waals surface area (Å²) in [7, 11) is -0.652. The fourth-order valence-corrected chi connectivity index (χ4v) is 1.62. The van der Waals surface area contributed by atoms with Crippen LogP contribution in [0.2, 0.25) is 0 Å². The van der Waals surface area contributed by atoms with Crippen molar-refractivity contribution in [2.24, 2.45) is 5.73 Å². The number of hydrogen-bond acceptors (Lipinski definition) is 2. The first-order valence-corrected chi connectivity index (χ1v) is 4.67. The summed E-state index contributed by atoms with van der Waals surface area (Å²) < 4.78 is 11.0. The third kappa shape index (κ3) is 3.65. The van der Waals surface area contributed by atoms with E-state index < -0.39 is 10.8 Å². The van der Waals surface area contributed by atoms with Crippen LogP contribution in [-0.4, -0.2) is 21.8 Å². The highest BCUT2D eigenvalue weighted by atomic mass is 32.2. The molecule has 0 heterocycles. The molecule has 0 aliphatic carbocycles. The van der Waals surface area contributed by atoms with Gasteiger partial charge in [0.2, 0.25) is 0 Å². The van der Waals surface area contributed by atoms with Gasteiger partial charge in [-0.3, -0.25) is 4.21 Å². The average molecular weight is 149 g/mol. The second-order valence-corrected chi connectivity index (χ2v) is 4.20. The van der Waals surface area contributed by atoms with Crippen molar-refractivity contribution in [2.75, 3.05) is 12.3 Å². The second-order valence-electron chi connectivity index (χ2n) is 2.06. The fraction of sp³-hybridized carbons (Fsp3) is 1.00. The Bertz CT molecular complexity index is 95.1. The van der Waals surface area contributed by atoms with Crippen LogP contribution < -0.4 is 5.73 Å². The van der Waals surface area contributed by atoms with Crippen molar-refractivity contribution in [1.82, 2.24) is 0 Å². The molecule has 0 aromatic carbocycles. The second kappa shape index (κ2) is 4.94. The molecule has 0 radical (unpaired) electrons. The molecule has 3 heteroatoms. The molecule has 0 spiro atoms. The maximum absolute atomic E-state index is 11.0. The van der Waals surface area contributed by atoms with Gasteiger partial charge in [-0.15, -0.1) is 0 Å². The highest BCUT2D eigenvalue weighted by Gasteiger charge is 2.05. The average Bonchev–Trinajstić information content (AvgIpc) is 1.87. The quantitative estimate of drug-likeness (QED) is 0.632. The van der Waals surface area contributed by atoms with Crippen LogP contribution in [0, 0.1) is 0 Å². The van der Waals surface area contributed by atoms with E-state index in [1.807, 2.05) is 13.8 Å². The number of hydrogen-bond donors (Lipinski definition) is 1. The maximum atomic E-state index is 11.0. The van der Waals surface area contributed by atoms with E-state index in [9.17, 15) is 4.21 Å². The van der Waals surface area contributed by atoms with Crippen molar-refractivity contribution in [2.45, 2.75) is 25.5 Å². The Hall–Kier alpha value is 0.110. The molecule has 2 nitrogen and oxygen atoms in total. The van der Waals surface area contributed by atoms with Gasteiger partial charge in [0, 0.05) is 21.8 Å². The third-order valence-electron chi connectivity index (χ3n) is 1.31. The Labute approximate surface area is 59.3 Å². The summed E-state index contributed by atoms with van der Waals surface area (Å²) in [4.78, 5) is 0. The van der Waals surface area contributed by atoms with Crippen molar-refractivity contribution in [3.8, 4) is 0 Å². The minimum atomic E-state index is -0.652. The zero-order valence-corrected chi connectivity index (χ0v) is 6.91. The zero-order valence-electron chi connectivity index (χ0n) is 6.09. The predicted octanol–water partition coefficient (Wildman–Crippen LogP) is 0.492. The monoisotopic (exact) mass is 149 g/mol. The summed E-state index contributed by atoms with van der Waals surface area (Å²) in [6.07, 6.45) is 0.875. The van der Waals surface area contributed by atoms with Gasteiger partial charge in [0.1, 0.15) is 0 Å². The van der Waals surface area contributed by atoms with Crippen molar-refractivity contribution in [1.29, 1.82) is 0 Å². The molecule has 2 unspecified atom stereocenters. The van der Waals surface area contributed by atoms with E-state index in [0.717, 1.165) is 12.2 Å². The molecule has 2 atom stereocenters. The standard InChI is InChI=1S/C6H15NOS/c1-3-9(8)6(2)4-5-7/h6H,3-5,7H2,1-2H3. The van der Waals surface area contributed by atoms with Gasteiger partial charge in [-0.25, -0.2) is 0 Å². The molecular weight excluding hydrogens is 134 g/mol. The Balaban J connectivity index is 3.45. The molecule has 0 aliphatic heterocycles. The van der Waals surface area contributed by atoms with E-state index in [0.29, 0.717) is 6.54 Å². The first kappa shape index (κ1) is 9.11. The van der Waals surface area contributed by atoms with Crippen LogP contribution in [0.3, 0.4) is 0 Å². The van der Waals surface area contributed by atoms with Gasteiger partial charge < -0.3 is 5.73 Å². The largest absolute Gasteiger partial charge is 0.330 e. The lowest BCUT2D eigenvalue weighted by Crippen LogP contribution is -2.16. The number of nitrogens with two attached hydrogens (primary N) is 1. The predicted molar refractivity (Wildman–Crippen MR) is 41.8 cm³/mol. The van der Waals surface area contributed by atoms with E-state index in [2.05, 4.69) is 0 Å². The molecule has 0 aromatic rings. The van der Waals surface area contributed by atoms with Crippen LogP contribution in [0.1, 0.15) is 20.3 Å². The minimum Gasteiger partial charge on any atom is -0.330 e. The van der Waals surface area contributed by atoms with E-state index in [1.54, 1.807) is 0 Å². The first-order chi connectivity index (χ1) is 4.22. The van der Waals surface area contributed by atoms with Gasteiger partial charge in [-0.2, -0.15) is 0 Å². The maximum Gasteiger partial charge on any atom is 0.0331 e. The van der Waals surface area contributed by atoms with Crippen LogP contribution in [0.5, 0.6) is 0 Å². The molecule has 56 valence electrons. The molecule has 0 saturated heterocycles. The molecule has 0 amide bonds. The van der Waals surface area contributed by atoms with Gasteiger partial charge in [0.05, 0.1) is 0 Å². The molecule has 0 rings (SSSR count). The SMILES string of the molecule is CCS(=O)C(C)CCN. The summed E-state index contributed by atoms with van der Waals surface area (Å²) in [5.41, 5.74) is 5.29. The lowest BCUT2D eigenvalue weighted by Gasteiger charge is -2.06. The lowest BCUT2D eigenvalue weighted by molar-refractivity contribution is 0.667. The van der Waals surface area contributed by atoms with Crippen LogP contribution in [0.15, 0.2) is 0 Å². The molecule has 0 saturated carbocycles. The van der Waals surface area contributed by atoms with Gasteiger partial charge >= 0.3 is 0 Å². The van der Waals surface area contributed by atoms with Crippen molar-refractivity contribution < 1.29 is 4.21 Å². The lowest BCUT2D eigenvalue weighted by atomic mass is 10.3. The van der Waals surface area contributed by atoms with Gasteiger partial charge in [-0.05, 0) is 13.0 Å². The fourth-order valence-electron chi connectivity index (χ4n) is 0.651. The van der Waals surface area contributed by atoms with Crippen LogP contribution in [0.4, 0.5) is 0 Å². The normalized spacial score (nSPS) is 17.2. The van der Waals surface area contributed by atoms with Crippen molar-refractivity contribution in [3.05, 3.63) is 0 Å². The van der Waals surface area contributed by atoms with E-state index >= 15 is 0 Å². The van der Waals surface area contributed by atoms with E-state index in [-0.39, 0.29) is 5.25 Å². The van der Waals surface area contributed by atoms with E-state index in [4.69, 9.17) is 5.73 Å². The van der Waals surface area contributed by atoms with Gasteiger partial charge in [0.25, 0.3) is 0 Å². The summed E-state index contributed by atoms with van der Waals surface area (Å²) in [6.45, 7) is 4.56. The Morgan fingerprint density at radius 2 is 2.22 bits per heavy atom. The summed E-state index contributed by atoms with van der Waals surface area (Å²) >= 11 is 0. The van der Waals surface area contributed by atoms with Crippen molar-refractivity contribution in [3.63, 3.8) is 0 Å². The zero-order chi connectivity index (χ0) is 7.28. The Morgan fingerprint density at radius 1 is 1.67 bits per heavy atom. The third-order valence-corrected chi connectivity index (χ3v) is 3.01. The Morgan fingerprint density at radius 3 is 2.56 bits per heavy atom. The Kier molecular flexibility index (Phi) is 5.00. The summed E-state index contributed by atoms with van der Waals surface area (Å²) in [5.74, 6) is 0.751. The highest BCUT2D eigenvalue weighted by molar-refractivity contribution is 7.85.